The van der Waals surface area contributed by atoms with Crippen LogP contribution < -0.4 is 5.43 Å². The summed E-state index contributed by atoms with van der Waals surface area (Å²) in [6.07, 6.45) is 13.4. The predicted molar refractivity (Wildman–Crippen MR) is 96.7 cm³/mol. The number of carbonyl (C=O) groups is 1. The van der Waals surface area contributed by atoms with Crippen LogP contribution in [-0.4, -0.2) is 12.1 Å². The first-order valence-electron chi connectivity index (χ1n) is 8.66. The minimum Gasteiger partial charge on any atom is -0.273 e. The molecule has 0 saturated carbocycles. The van der Waals surface area contributed by atoms with Gasteiger partial charge in [-0.3, -0.25) is 4.79 Å². The molecule has 1 N–H and O–H groups in total. The van der Waals surface area contributed by atoms with Crippen LogP contribution in [0.25, 0.3) is 0 Å². The number of rotatable bonds is 12. The summed E-state index contributed by atoms with van der Waals surface area (Å²) in [6.45, 7) is 4.38. The number of hydrazone groups is 1. The maximum absolute atomic E-state index is 11.6. The van der Waals surface area contributed by atoms with Crippen molar-refractivity contribution in [2.45, 2.75) is 78.1 Å². The van der Waals surface area contributed by atoms with Gasteiger partial charge in [-0.05, 0) is 25.0 Å². The zero-order chi connectivity index (χ0) is 16.0. The van der Waals surface area contributed by atoms with Crippen molar-refractivity contribution in [1.29, 1.82) is 0 Å². The minimum absolute atomic E-state index is 0.0227. The molecular formula is C18H30N2OS. The first-order valence-corrected chi connectivity index (χ1v) is 9.48. The third-order valence-electron chi connectivity index (χ3n) is 3.67. The summed E-state index contributed by atoms with van der Waals surface area (Å²) >= 11 is 1.72. The summed E-state index contributed by atoms with van der Waals surface area (Å²) in [5.41, 5.74) is 2.61. The van der Waals surface area contributed by atoms with Gasteiger partial charge in [0.25, 0.3) is 0 Å². The number of carbonyl (C=O) groups excluding carboxylic acids is 1. The van der Waals surface area contributed by atoms with Gasteiger partial charge in [-0.1, -0.05) is 58.8 Å². The molecule has 0 bridgehead atoms. The van der Waals surface area contributed by atoms with Crippen LogP contribution in [0.15, 0.2) is 17.2 Å². The lowest BCUT2D eigenvalue weighted by Gasteiger charge is -2.01. The van der Waals surface area contributed by atoms with Gasteiger partial charge in [0, 0.05) is 16.2 Å². The van der Waals surface area contributed by atoms with Crippen molar-refractivity contribution in [2.24, 2.45) is 5.10 Å². The zero-order valence-corrected chi connectivity index (χ0v) is 14.9. The fourth-order valence-electron chi connectivity index (χ4n) is 2.30. The van der Waals surface area contributed by atoms with Crippen molar-refractivity contribution in [1.82, 2.24) is 5.43 Å². The predicted octanol–water partition coefficient (Wildman–Crippen LogP) is 5.29. The topological polar surface area (TPSA) is 41.5 Å². The van der Waals surface area contributed by atoms with Crippen LogP contribution >= 0.6 is 11.3 Å². The number of unbranched alkanes of at least 4 members (excludes halogenated alkanes) is 7. The maximum atomic E-state index is 11.6. The van der Waals surface area contributed by atoms with Crippen molar-refractivity contribution in [3.63, 3.8) is 0 Å². The molecule has 1 heterocycles. The number of hydrogen-bond donors (Lipinski definition) is 1. The standard InChI is InChI=1S/C18H30N2OS/c1-3-5-6-7-8-9-10-11-12-18(21)20-19-15-17-14-13-16(4-2)22-17/h13-15H,3-12H2,1-2H3,(H,20,21)/b19-15+. The molecule has 124 valence electrons. The first-order chi connectivity index (χ1) is 10.8. The number of nitrogens with one attached hydrogen (secondary N) is 1. The Kier molecular flexibility index (Phi) is 10.6. The Bertz CT molecular complexity index is 440. The summed E-state index contributed by atoms with van der Waals surface area (Å²) in [4.78, 5) is 14.1. The Morgan fingerprint density at radius 1 is 1.09 bits per heavy atom. The van der Waals surface area contributed by atoms with Crippen molar-refractivity contribution in [2.75, 3.05) is 0 Å². The van der Waals surface area contributed by atoms with E-state index in [1.807, 2.05) is 6.07 Å². The number of nitrogens with zero attached hydrogens (tertiary/aromatic N) is 1. The lowest BCUT2D eigenvalue weighted by molar-refractivity contribution is -0.121. The summed E-state index contributed by atoms with van der Waals surface area (Å²) < 4.78 is 0. The Labute approximate surface area is 139 Å². The number of hydrogen-bond acceptors (Lipinski definition) is 3. The number of thiophene rings is 1. The Hall–Kier alpha value is -1.16. The van der Waals surface area contributed by atoms with E-state index >= 15 is 0 Å². The highest BCUT2D eigenvalue weighted by Gasteiger charge is 2.00. The van der Waals surface area contributed by atoms with Gasteiger partial charge in [-0.15, -0.1) is 11.3 Å². The van der Waals surface area contributed by atoms with Gasteiger partial charge >= 0.3 is 0 Å². The molecule has 0 atom stereocenters. The summed E-state index contributed by atoms with van der Waals surface area (Å²) in [5.74, 6) is 0.0227. The van der Waals surface area contributed by atoms with E-state index in [9.17, 15) is 4.79 Å². The summed E-state index contributed by atoms with van der Waals surface area (Å²) in [7, 11) is 0. The molecule has 0 unspecified atom stereocenters. The van der Waals surface area contributed by atoms with Crippen molar-refractivity contribution >= 4 is 23.5 Å². The second-order valence-electron chi connectivity index (χ2n) is 5.68. The molecular weight excluding hydrogens is 292 g/mol. The molecule has 0 fully saturated rings. The Morgan fingerprint density at radius 2 is 1.77 bits per heavy atom. The third-order valence-corrected chi connectivity index (χ3v) is 4.83. The van der Waals surface area contributed by atoms with Crippen LogP contribution in [0, 0.1) is 0 Å². The molecule has 0 aliphatic rings. The molecule has 0 saturated heterocycles. The van der Waals surface area contributed by atoms with E-state index in [2.05, 4.69) is 30.4 Å². The molecule has 0 aromatic carbocycles. The Balaban J connectivity index is 2.01. The van der Waals surface area contributed by atoms with Crippen LogP contribution in [0.1, 0.15) is 81.4 Å². The van der Waals surface area contributed by atoms with Gasteiger partial charge < -0.3 is 0 Å². The molecule has 1 amide bonds. The monoisotopic (exact) mass is 322 g/mol. The molecule has 0 radical (unpaired) electrons. The fourth-order valence-corrected chi connectivity index (χ4v) is 3.12. The molecule has 1 aromatic rings. The average molecular weight is 323 g/mol. The van der Waals surface area contributed by atoms with E-state index in [0.717, 1.165) is 24.1 Å². The fraction of sp³-hybridized carbons (Fsp3) is 0.667. The highest BCUT2D eigenvalue weighted by atomic mass is 32.1. The van der Waals surface area contributed by atoms with Crippen molar-refractivity contribution < 1.29 is 4.79 Å². The molecule has 4 heteroatoms. The van der Waals surface area contributed by atoms with E-state index in [-0.39, 0.29) is 5.91 Å². The quantitative estimate of drug-likeness (QED) is 0.317. The number of amides is 1. The van der Waals surface area contributed by atoms with E-state index in [4.69, 9.17) is 0 Å². The van der Waals surface area contributed by atoms with Gasteiger partial charge in [-0.2, -0.15) is 5.10 Å². The van der Waals surface area contributed by atoms with E-state index in [1.165, 1.54) is 43.4 Å². The van der Waals surface area contributed by atoms with E-state index in [0.29, 0.717) is 6.42 Å². The van der Waals surface area contributed by atoms with E-state index < -0.39 is 0 Å². The molecule has 22 heavy (non-hydrogen) atoms. The summed E-state index contributed by atoms with van der Waals surface area (Å²) in [6, 6.07) is 4.14. The Morgan fingerprint density at radius 3 is 2.41 bits per heavy atom. The van der Waals surface area contributed by atoms with Crippen molar-refractivity contribution in [3.8, 4) is 0 Å². The minimum atomic E-state index is 0.0227. The van der Waals surface area contributed by atoms with Gasteiger partial charge in [0.1, 0.15) is 0 Å². The maximum Gasteiger partial charge on any atom is 0.240 e. The summed E-state index contributed by atoms with van der Waals surface area (Å²) in [5, 5.41) is 4.02. The lowest BCUT2D eigenvalue weighted by Crippen LogP contribution is -2.16. The van der Waals surface area contributed by atoms with Gasteiger partial charge in [-0.25, -0.2) is 5.43 Å². The number of aryl methyl sites for hydroxylation is 1. The second kappa shape index (κ2) is 12.4. The third kappa shape index (κ3) is 8.98. The van der Waals surface area contributed by atoms with Crippen LogP contribution in [0.5, 0.6) is 0 Å². The molecule has 3 nitrogen and oxygen atoms in total. The smallest absolute Gasteiger partial charge is 0.240 e. The zero-order valence-electron chi connectivity index (χ0n) is 14.1. The van der Waals surface area contributed by atoms with Crippen LogP contribution in [0.3, 0.4) is 0 Å². The highest BCUT2D eigenvalue weighted by Crippen LogP contribution is 2.14. The second-order valence-corrected chi connectivity index (χ2v) is 6.88. The molecule has 1 aromatic heterocycles. The molecule has 0 aliphatic heterocycles. The average Bonchev–Trinajstić information content (AvgIpc) is 2.98. The first kappa shape index (κ1) is 18.9. The molecule has 1 rings (SSSR count). The van der Waals surface area contributed by atoms with Gasteiger partial charge in [0.2, 0.25) is 5.91 Å². The van der Waals surface area contributed by atoms with Crippen LogP contribution in [0.4, 0.5) is 0 Å². The van der Waals surface area contributed by atoms with Crippen molar-refractivity contribution in [3.05, 3.63) is 21.9 Å². The van der Waals surface area contributed by atoms with Crippen LogP contribution in [-0.2, 0) is 11.2 Å². The normalized spacial score (nSPS) is 11.2. The lowest BCUT2D eigenvalue weighted by atomic mass is 10.1. The SMILES string of the molecule is CCCCCCCCCCC(=O)N/N=C/c1ccc(CC)s1. The molecule has 0 spiro atoms. The van der Waals surface area contributed by atoms with E-state index in [1.54, 1.807) is 17.6 Å². The highest BCUT2D eigenvalue weighted by molar-refractivity contribution is 7.13. The van der Waals surface area contributed by atoms with Gasteiger partial charge in [0.05, 0.1) is 6.21 Å². The van der Waals surface area contributed by atoms with Crippen LogP contribution in [0.2, 0.25) is 0 Å². The van der Waals surface area contributed by atoms with Gasteiger partial charge in [0.15, 0.2) is 0 Å². The molecule has 0 aliphatic carbocycles. The largest absolute Gasteiger partial charge is 0.273 e.